The average molecular weight is 281 g/mol. The number of benzene rings is 2. The number of fused-ring (bicyclic) bond motifs is 1. The third-order valence-corrected chi connectivity index (χ3v) is 3.09. The zero-order chi connectivity index (χ0) is 14.7. The van der Waals surface area contributed by atoms with E-state index in [2.05, 4.69) is 15.3 Å². The Labute approximate surface area is 122 Å². The number of ether oxygens (including phenoxy) is 1. The molecule has 1 heterocycles. The maximum Gasteiger partial charge on any atom is 0.255 e. The Morgan fingerprint density at radius 1 is 1.29 bits per heavy atom. The molecule has 0 unspecified atom stereocenters. The van der Waals surface area contributed by atoms with Crippen LogP contribution in [0.15, 0.2) is 48.8 Å². The molecule has 0 saturated carbocycles. The van der Waals surface area contributed by atoms with Crippen LogP contribution < -0.4 is 10.1 Å². The second kappa shape index (κ2) is 5.66. The lowest BCUT2D eigenvalue weighted by Gasteiger charge is -2.07. The maximum absolute atomic E-state index is 12.3. The number of aromatic nitrogens is 2. The molecule has 0 aliphatic heterocycles. The summed E-state index contributed by atoms with van der Waals surface area (Å²) in [6, 6.07) is 12.7. The molecule has 0 fully saturated rings. The van der Waals surface area contributed by atoms with E-state index >= 15 is 0 Å². The van der Waals surface area contributed by atoms with Gasteiger partial charge in [-0.15, -0.1) is 0 Å². The minimum atomic E-state index is -0.171. The summed E-state index contributed by atoms with van der Waals surface area (Å²) in [6.45, 7) is 2.48. The van der Waals surface area contributed by atoms with Crippen LogP contribution in [0.2, 0.25) is 0 Å². The molecule has 2 N–H and O–H groups in total. The van der Waals surface area contributed by atoms with Crippen molar-refractivity contribution < 1.29 is 9.53 Å². The molecule has 1 amide bonds. The van der Waals surface area contributed by atoms with Crippen molar-refractivity contribution in [2.24, 2.45) is 0 Å². The number of carbonyl (C=O) groups excluding carboxylic acids is 1. The number of H-pyrrole nitrogens is 1. The number of nitrogens with one attached hydrogen (secondary N) is 2. The molecule has 0 saturated heterocycles. The molecule has 2 aromatic carbocycles. The Hall–Kier alpha value is -2.82. The first-order chi connectivity index (χ1) is 10.3. The van der Waals surface area contributed by atoms with E-state index in [0.717, 1.165) is 16.7 Å². The minimum Gasteiger partial charge on any atom is -0.494 e. The van der Waals surface area contributed by atoms with E-state index < -0.39 is 0 Å². The minimum absolute atomic E-state index is 0.171. The van der Waals surface area contributed by atoms with Gasteiger partial charge in [0.05, 0.1) is 24.0 Å². The maximum atomic E-state index is 12.3. The molecule has 21 heavy (non-hydrogen) atoms. The van der Waals surface area contributed by atoms with Crippen LogP contribution >= 0.6 is 0 Å². The molecule has 5 nitrogen and oxygen atoms in total. The third kappa shape index (κ3) is 2.86. The smallest absolute Gasteiger partial charge is 0.255 e. The van der Waals surface area contributed by atoms with E-state index in [1.807, 2.05) is 31.2 Å². The van der Waals surface area contributed by atoms with Crippen LogP contribution in [-0.4, -0.2) is 22.5 Å². The van der Waals surface area contributed by atoms with Gasteiger partial charge in [-0.1, -0.05) is 6.07 Å². The predicted octanol–water partition coefficient (Wildman–Crippen LogP) is 3.21. The van der Waals surface area contributed by atoms with Crippen molar-refractivity contribution in [1.82, 2.24) is 9.97 Å². The topological polar surface area (TPSA) is 67.0 Å². The lowest BCUT2D eigenvalue weighted by Crippen LogP contribution is -2.11. The summed E-state index contributed by atoms with van der Waals surface area (Å²) in [7, 11) is 0. The van der Waals surface area contributed by atoms with E-state index in [4.69, 9.17) is 4.74 Å². The highest BCUT2D eigenvalue weighted by atomic mass is 16.5. The van der Waals surface area contributed by atoms with E-state index in [1.165, 1.54) is 0 Å². The van der Waals surface area contributed by atoms with Crippen molar-refractivity contribution in [3.63, 3.8) is 0 Å². The van der Waals surface area contributed by atoms with Gasteiger partial charge < -0.3 is 15.0 Å². The number of nitrogens with zero attached hydrogens (tertiary/aromatic N) is 1. The van der Waals surface area contributed by atoms with Gasteiger partial charge >= 0.3 is 0 Å². The average Bonchev–Trinajstić information content (AvgIpc) is 2.95. The molecule has 3 aromatic rings. The van der Waals surface area contributed by atoms with Crippen molar-refractivity contribution in [3.05, 3.63) is 54.4 Å². The summed E-state index contributed by atoms with van der Waals surface area (Å²) in [4.78, 5) is 19.4. The second-order valence-electron chi connectivity index (χ2n) is 4.55. The number of rotatable bonds is 4. The molecule has 0 aliphatic carbocycles. The number of hydrogen-bond donors (Lipinski definition) is 2. The van der Waals surface area contributed by atoms with Crippen LogP contribution in [0.25, 0.3) is 11.0 Å². The Morgan fingerprint density at radius 3 is 3.05 bits per heavy atom. The summed E-state index contributed by atoms with van der Waals surface area (Å²) >= 11 is 0. The van der Waals surface area contributed by atoms with Crippen molar-refractivity contribution in [3.8, 4) is 5.75 Å². The van der Waals surface area contributed by atoms with Crippen molar-refractivity contribution in [2.45, 2.75) is 6.92 Å². The fraction of sp³-hybridized carbons (Fsp3) is 0.125. The number of anilines is 1. The van der Waals surface area contributed by atoms with Gasteiger partial charge in [-0.25, -0.2) is 4.98 Å². The normalized spacial score (nSPS) is 10.5. The van der Waals surface area contributed by atoms with Gasteiger partial charge in [-0.05, 0) is 43.3 Å². The van der Waals surface area contributed by atoms with Gasteiger partial charge in [0.1, 0.15) is 5.75 Å². The Kier molecular flexibility index (Phi) is 3.55. The highest BCUT2D eigenvalue weighted by molar-refractivity contribution is 6.05. The standard InChI is InChI=1S/C16H15N3O2/c1-2-21-13-5-3-4-11(8-13)16(20)19-12-6-7-14-15(9-12)18-10-17-14/h3-10H,2H2,1H3,(H,17,18)(H,19,20). The first-order valence-electron chi connectivity index (χ1n) is 6.73. The molecule has 0 aliphatic rings. The van der Waals surface area contributed by atoms with Crippen molar-refractivity contribution >= 4 is 22.6 Å². The monoisotopic (exact) mass is 281 g/mol. The number of imidazole rings is 1. The number of amides is 1. The van der Waals surface area contributed by atoms with Crippen LogP contribution in [0, 0.1) is 0 Å². The van der Waals surface area contributed by atoms with Gasteiger partial charge in [0.25, 0.3) is 5.91 Å². The summed E-state index contributed by atoms with van der Waals surface area (Å²) in [5, 5.41) is 2.87. The van der Waals surface area contributed by atoms with E-state index in [-0.39, 0.29) is 5.91 Å². The van der Waals surface area contributed by atoms with Crippen LogP contribution in [0.5, 0.6) is 5.75 Å². The van der Waals surface area contributed by atoms with Gasteiger partial charge in [-0.2, -0.15) is 0 Å². The highest BCUT2D eigenvalue weighted by Crippen LogP contribution is 2.18. The molecule has 106 valence electrons. The lowest BCUT2D eigenvalue weighted by atomic mass is 10.2. The van der Waals surface area contributed by atoms with Crippen LogP contribution in [0.3, 0.4) is 0 Å². The number of hydrogen-bond acceptors (Lipinski definition) is 3. The summed E-state index contributed by atoms with van der Waals surface area (Å²) in [5.74, 6) is 0.518. The van der Waals surface area contributed by atoms with Crippen molar-refractivity contribution in [1.29, 1.82) is 0 Å². The Morgan fingerprint density at radius 2 is 2.19 bits per heavy atom. The SMILES string of the molecule is CCOc1cccc(C(=O)Nc2ccc3nc[nH]c3c2)c1. The predicted molar refractivity (Wildman–Crippen MR) is 81.7 cm³/mol. The zero-order valence-electron chi connectivity index (χ0n) is 11.6. The quantitative estimate of drug-likeness (QED) is 0.771. The van der Waals surface area contributed by atoms with Gasteiger partial charge in [-0.3, -0.25) is 4.79 Å². The fourth-order valence-corrected chi connectivity index (χ4v) is 2.11. The Bertz CT molecular complexity index is 780. The largest absolute Gasteiger partial charge is 0.494 e. The molecule has 0 radical (unpaired) electrons. The third-order valence-electron chi connectivity index (χ3n) is 3.09. The van der Waals surface area contributed by atoms with Gasteiger partial charge in [0.15, 0.2) is 0 Å². The number of carbonyl (C=O) groups is 1. The van der Waals surface area contributed by atoms with Gasteiger partial charge in [0.2, 0.25) is 0 Å². The van der Waals surface area contributed by atoms with Crippen molar-refractivity contribution in [2.75, 3.05) is 11.9 Å². The zero-order valence-corrected chi connectivity index (χ0v) is 11.6. The summed E-state index contributed by atoms with van der Waals surface area (Å²) < 4.78 is 5.40. The molecule has 1 aromatic heterocycles. The van der Waals surface area contributed by atoms with Crippen LogP contribution in [0.4, 0.5) is 5.69 Å². The molecule has 5 heteroatoms. The van der Waals surface area contributed by atoms with E-state index in [9.17, 15) is 4.79 Å². The second-order valence-corrected chi connectivity index (χ2v) is 4.55. The first-order valence-corrected chi connectivity index (χ1v) is 6.73. The molecule has 0 bridgehead atoms. The number of aromatic amines is 1. The fourth-order valence-electron chi connectivity index (χ4n) is 2.11. The van der Waals surface area contributed by atoms with Crippen LogP contribution in [-0.2, 0) is 0 Å². The lowest BCUT2D eigenvalue weighted by molar-refractivity contribution is 0.102. The van der Waals surface area contributed by atoms with E-state index in [0.29, 0.717) is 17.9 Å². The summed E-state index contributed by atoms with van der Waals surface area (Å²) in [6.07, 6.45) is 1.63. The molecular formula is C16H15N3O2. The molecule has 3 rings (SSSR count). The highest BCUT2D eigenvalue weighted by Gasteiger charge is 2.08. The van der Waals surface area contributed by atoms with Crippen LogP contribution in [0.1, 0.15) is 17.3 Å². The van der Waals surface area contributed by atoms with E-state index in [1.54, 1.807) is 24.5 Å². The molecule has 0 atom stereocenters. The Balaban J connectivity index is 1.80. The molecular weight excluding hydrogens is 266 g/mol. The first kappa shape index (κ1) is 13.2. The summed E-state index contributed by atoms with van der Waals surface area (Å²) in [5.41, 5.74) is 3.03. The van der Waals surface area contributed by atoms with Gasteiger partial charge in [0, 0.05) is 11.3 Å². The molecule has 0 spiro atoms.